The molecule has 1 fully saturated rings. The van der Waals surface area contributed by atoms with Crippen LogP contribution in [0.1, 0.15) is 22.8 Å². The molecule has 0 saturated carbocycles. The highest BCUT2D eigenvalue weighted by molar-refractivity contribution is 5.94. The summed E-state index contributed by atoms with van der Waals surface area (Å²) in [6.07, 6.45) is 4.20. The van der Waals surface area contributed by atoms with E-state index in [1.165, 1.54) is 16.7 Å². The molecule has 2 heterocycles. The molecule has 0 unspecified atom stereocenters. The monoisotopic (exact) mass is 283 g/mol. The molecule has 110 valence electrons. The van der Waals surface area contributed by atoms with Gasteiger partial charge >= 0.3 is 0 Å². The number of allylic oxidation sites excluding steroid dienone is 2. The molecule has 1 amide bonds. The zero-order chi connectivity index (χ0) is 14.7. The summed E-state index contributed by atoms with van der Waals surface area (Å²) < 4.78 is 0. The number of carbonyl (C=O) groups is 1. The van der Waals surface area contributed by atoms with E-state index in [4.69, 9.17) is 0 Å². The third-order valence-corrected chi connectivity index (χ3v) is 3.93. The summed E-state index contributed by atoms with van der Waals surface area (Å²) in [4.78, 5) is 14.3. The lowest BCUT2D eigenvalue weighted by molar-refractivity contribution is 0.0736. The van der Waals surface area contributed by atoms with Crippen LogP contribution in [0, 0.1) is 0 Å². The minimum absolute atomic E-state index is 0.134. The molecule has 0 aliphatic carbocycles. The van der Waals surface area contributed by atoms with Crippen LogP contribution in [0.2, 0.25) is 0 Å². The van der Waals surface area contributed by atoms with Crippen molar-refractivity contribution < 1.29 is 4.79 Å². The molecule has 2 aliphatic heterocycles. The molecule has 0 aromatic heterocycles. The van der Waals surface area contributed by atoms with E-state index in [1.807, 2.05) is 35.4 Å². The molecule has 4 heteroatoms. The molecule has 1 aromatic carbocycles. The molecule has 0 spiro atoms. The van der Waals surface area contributed by atoms with Crippen molar-refractivity contribution in [3.05, 3.63) is 53.2 Å². The first-order valence-electron chi connectivity index (χ1n) is 7.45. The highest BCUT2D eigenvalue weighted by atomic mass is 16.2. The van der Waals surface area contributed by atoms with E-state index >= 15 is 0 Å². The van der Waals surface area contributed by atoms with Crippen LogP contribution in [-0.4, -0.2) is 43.5 Å². The molecular formula is C17H21N3O. The molecular weight excluding hydrogens is 262 g/mol. The van der Waals surface area contributed by atoms with Crippen LogP contribution in [0.15, 0.2) is 42.1 Å². The highest BCUT2D eigenvalue weighted by Gasteiger charge is 2.17. The van der Waals surface area contributed by atoms with Crippen molar-refractivity contribution in [2.45, 2.75) is 6.92 Å². The normalized spacial score (nSPS) is 18.6. The van der Waals surface area contributed by atoms with Crippen LogP contribution in [0.25, 0.3) is 5.57 Å². The number of hydrogen-bond acceptors (Lipinski definition) is 3. The molecule has 1 saturated heterocycles. The van der Waals surface area contributed by atoms with E-state index in [1.54, 1.807) is 0 Å². The third-order valence-electron chi connectivity index (χ3n) is 3.93. The van der Waals surface area contributed by atoms with Gasteiger partial charge in [0.25, 0.3) is 5.91 Å². The Morgan fingerprint density at radius 2 is 1.86 bits per heavy atom. The van der Waals surface area contributed by atoms with Gasteiger partial charge in [0.2, 0.25) is 0 Å². The van der Waals surface area contributed by atoms with Crippen LogP contribution in [0.3, 0.4) is 0 Å². The maximum absolute atomic E-state index is 12.4. The van der Waals surface area contributed by atoms with Crippen molar-refractivity contribution in [2.24, 2.45) is 0 Å². The molecule has 4 nitrogen and oxygen atoms in total. The average molecular weight is 283 g/mol. The third kappa shape index (κ3) is 3.16. The molecule has 1 aromatic rings. The first-order chi connectivity index (χ1) is 10.2. The Balaban J connectivity index is 1.74. The number of hydrogen-bond donors (Lipinski definition) is 2. The van der Waals surface area contributed by atoms with E-state index in [9.17, 15) is 4.79 Å². The summed E-state index contributed by atoms with van der Waals surface area (Å²) in [7, 11) is 0. The molecule has 2 N–H and O–H groups in total. The Labute approximate surface area is 125 Å². The zero-order valence-corrected chi connectivity index (χ0v) is 12.4. The van der Waals surface area contributed by atoms with Gasteiger partial charge in [-0.3, -0.25) is 4.79 Å². The Kier molecular flexibility index (Phi) is 4.06. The number of rotatable bonds is 2. The summed E-state index contributed by atoms with van der Waals surface area (Å²) in [6.45, 7) is 6.26. The van der Waals surface area contributed by atoms with Crippen LogP contribution in [0.4, 0.5) is 0 Å². The van der Waals surface area contributed by atoms with Crippen molar-refractivity contribution in [1.82, 2.24) is 15.5 Å². The van der Waals surface area contributed by atoms with E-state index < -0.39 is 0 Å². The minimum atomic E-state index is 0.134. The predicted octanol–water partition coefficient (Wildman–Crippen LogP) is 1.62. The van der Waals surface area contributed by atoms with Crippen molar-refractivity contribution in [3.63, 3.8) is 0 Å². The van der Waals surface area contributed by atoms with Crippen LogP contribution in [-0.2, 0) is 0 Å². The lowest BCUT2D eigenvalue weighted by Gasteiger charge is -2.27. The first kappa shape index (κ1) is 13.9. The van der Waals surface area contributed by atoms with Crippen LogP contribution >= 0.6 is 0 Å². The minimum Gasteiger partial charge on any atom is -0.387 e. The maximum atomic E-state index is 12.4. The summed E-state index contributed by atoms with van der Waals surface area (Å²) in [5.74, 6) is 0.134. The Morgan fingerprint density at radius 3 is 2.52 bits per heavy atom. The number of nitrogens with one attached hydrogen (secondary N) is 2. The zero-order valence-electron chi connectivity index (χ0n) is 12.4. The first-order valence-corrected chi connectivity index (χ1v) is 7.45. The summed E-state index contributed by atoms with van der Waals surface area (Å²) in [5, 5.41) is 6.52. The summed E-state index contributed by atoms with van der Waals surface area (Å²) >= 11 is 0. The second kappa shape index (κ2) is 6.14. The largest absolute Gasteiger partial charge is 0.387 e. The molecule has 0 atom stereocenters. The van der Waals surface area contributed by atoms with Gasteiger partial charge in [-0.2, -0.15) is 0 Å². The van der Waals surface area contributed by atoms with Crippen molar-refractivity contribution in [2.75, 3.05) is 32.7 Å². The SMILES string of the molecule is CC1=CNCC(c2ccc(C(=O)N3CCNCC3)cc2)=C1. The van der Waals surface area contributed by atoms with Gasteiger partial charge in [-0.15, -0.1) is 0 Å². The van der Waals surface area contributed by atoms with Gasteiger partial charge in [0.1, 0.15) is 0 Å². The Morgan fingerprint density at radius 1 is 1.14 bits per heavy atom. The van der Waals surface area contributed by atoms with Gasteiger partial charge in [0.05, 0.1) is 0 Å². The standard InChI is InChI=1S/C17H21N3O/c1-13-10-16(12-19-11-13)14-2-4-15(5-3-14)17(21)20-8-6-18-7-9-20/h2-5,10-11,18-19H,6-9,12H2,1H3. The number of nitrogens with zero attached hydrogens (tertiary/aromatic N) is 1. The summed E-state index contributed by atoms with van der Waals surface area (Å²) in [6, 6.07) is 7.96. The van der Waals surface area contributed by atoms with E-state index in [-0.39, 0.29) is 5.91 Å². The Bertz CT molecular complexity index is 581. The second-order valence-electron chi connectivity index (χ2n) is 5.56. The highest BCUT2D eigenvalue weighted by Crippen LogP contribution is 2.19. The van der Waals surface area contributed by atoms with Gasteiger partial charge in [-0.05, 0) is 42.0 Å². The number of carbonyl (C=O) groups excluding carboxylic acids is 1. The lowest BCUT2D eigenvalue weighted by atomic mass is 10.00. The quantitative estimate of drug-likeness (QED) is 0.867. The molecule has 21 heavy (non-hydrogen) atoms. The average Bonchev–Trinajstić information content (AvgIpc) is 2.55. The van der Waals surface area contributed by atoms with Crippen molar-refractivity contribution in [3.8, 4) is 0 Å². The van der Waals surface area contributed by atoms with E-state index in [2.05, 4.69) is 23.6 Å². The van der Waals surface area contributed by atoms with Gasteiger partial charge in [-0.1, -0.05) is 18.2 Å². The number of piperazine rings is 1. The van der Waals surface area contributed by atoms with E-state index in [0.29, 0.717) is 0 Å². The van der Waals surface area contributed by atoms with Gasteiger partial charge < -0.3 is 15.5 Å². The number of amides is 1. The van der Waals surface area contributed by atoms with Gasteiger partial charge in [0.15, 0.2) is 0 Å². The molecule has 3 rings (SSSR count). The van der Waals surface area contributed by atoms with Crippen molar-refractivity contribution in [1.29, 1.82) is 0 Å². The van der Waals surface area contributed by atoms with E-state index in [0.717, 1.165) is 38.3 Å². The van der Waals surface area contributed by atoms with Crippen LogP contribution in [0.5, 0.6) is 0 Å². The smallest absolute Gasteiger partial charge is 0.253 e. The number of benzene rings is 1. The van der Waals surface area contributed by atoms with Gasteiger partial charge in [-0.25, -0.2) is 0 Å². The predicted molar refractivity (Wildman–Crippen MR) is 85.0 cm³/mol. The Hall–Kier alpha value is -2.07. The maximum Gasteiger partial charge on any atom is 0.253 e. The fraction of sp³-hybridized carbons (Fsp3) is 0.353. The molecule has 0 radical (unpaired) electrons. The fourth-order valence-electron chi connectivity index (χ4n) is 2.75. The van der Waals surface area contributed by atoms with Gasteiger partial charge in [0, 0.05) is 38.3 Å². The van der Waals surface area contributed by atoms with Crippen molar-refractivity contribution >= 4 is 11.5 Å². The topological polar surface area (TPSA) is 44.4 Å². The lowest BCUT2D eigenvalue weighted by Crippen LogP contribution is -2.46. The number of dihydropyridines is 1. The molecule has 2 aliphatic rings. The fourth-order valence-corrected chi connectivity index (χ4v) is 2.75. The molecule has 0 bridgehead atoms. The van der Waals surface area contributed by atoms with Crippen LogP contribution < -0.4 is 10.6 Å². The summed E-state index contributed by atoms with van der Waals surface area (Å²) in [5.41, 5.74) is 4.43. The second-order valence-corrected chi connectivity index (χ2v) is 5.56.